The van der Waals surface area contributed by atoms with Gasteiger partial charge in [-0.2, -0.15) is 11.3 Å². The van der Waals surface area contributed by atoms with Gasteiger partial charge in [-0.1, -0.05) is 6.07 Å². The van der Waals surface area contributed by atoms with E-state index in [2.05, 4.69) is 0 Å². The minimum atomic E-state index is -0.603. The van der Waals surface area contributed by atoms with Gasteiger partial charge >= 0.3 is 0 Å². The topological polar surface area (TPSA) is 26.0 Å². The van der Waals surface area contributed by atoms with E-state index >= 15 is 0 Å². The summed E-state index contributed by atoms with van der Waals surface area (Å²) in [5.74, 6) is -1.19. The Kier molecular flexibility index (Phi) is 2.79. The van der Waals surface area contributed by atoms with Crippen molar-refractivity contribution in [3.05, 3.63) is 57.8 Å². The fourth-order valence-electron chi connectivity index (χ4n) is 1.39. The molecule has 2 aromatic rings. The van der Waals surface area contributed by atoms with E-state index in [1.807, 2.05) is 16.8 Å². The molecule has 1 heterocycles. The lowest BCUT2D eigenvalue weighted by molar-refractivity contribution is 0.566. The van der Waals surface area contributed by atoms with Crippen LogP contribution in [0.2, 0.25) is 0 Å². The number of thiophene rings is 1. The zero-order chi connectivity index (χ0) is 10.8. The molecule has 4 heteroatoms. The van der Waals surface area contributed by atoms with Crippen LogP contribution >= 0.6 is 11.3 Å². The molecule has 1 nitrogen and oxygen atoms in total. The Labute approximate surface area is 90.2 Å². The molecule has 0 fully saturated rings. The molecule has 78 valence electrons. The standard InChI is InChI=1S/C11H9F2NS/c12-8-1-2-9(10(13)5-8)11(14)7-3-4-15-6-7/h1-6,11H,14H2/t11-/m1/s1. The molecule has 2 rings (SSSR count). The van der Waals surface area contributed by atoms with Crippen LogP contribution in [0.25, 0.3) is 0 Å². The SMILES string of the molecule is N[C@H](c1ccsc1)c1ccc(F)cc1F. The number of hydrogen-bond acceptors (Lipinski definition) is 2. The molecule has 0 radical (unpaired) electrons. The molecule has 0 saturated carbocycles. The summed E-state index contributed by atoms with van der Waals surface area (Å²) in [7, 11) is 0. The van der Waals surface area contributed by atoms with Gasteiger partial charge in [-0.25, -0.2) is 8.78 Å². The zero-order valence-electron chi connectivity index (χ0n) is 7.78. The lowest BCUT2D eigenvalue weighted by Crippen LogP contribution is -2.12. The van der Waals surface area contributed by atoms with E-state index in [1.54, 1.807) is 0 Å². The molecule has 0 aliphatic rings. The maximum Gasteiger partial charge on any atom is 0.131 e. The van der Waals surface area contributed by atoms with E-state index in [9.17, 15) is 8.78 Å². The summed E-state index contributed by atoms with van der Waals surface area (Å²) in [6.07, 6.45) is 0. The number of nitrogens with two attached hydrogens (primary N) is 1. The monoisotopic (exact) mass is 225 g/mol. The van der Waals surface area contributed by atoms with Gasteiger partial charge in [0.1, 0.15) is 11.6 Å². The van der Waals surface area contributed by atoms with Crippen LogP contribution in [0.3, 0.4) is 0 Å². The minimum absolute atomic E-state index is 0.315. The van der Waals surface area contributed by atoms with Gasteiger partial charge in [0.25, 0.3) is 0 Å². The highest BCUT2D eigenvalue weighted by Crippen LogP contribution is 2.24. The average molecular weight is 225 g/mol. The van der Waals surface area contributed by atoms with Crippen molar-refractivity contribution in [2.24, 2.45) is 5.73 Å². The second-order valence-electron chi connectivity index (χ2n) is 3.20. The zero-order valence-corrected chi connectivity index (χ0v) is 8.60. The van der Waals surface area contributed by atoms with Gasteiger partial charge in [-0.3, -0.25) is 0 Å². The summed E-state index contributed by atoms with van der Waals surface area (Å²) in [5, 5.41) is 3.73. The summed E-state index contributed by atoms with van der Waals surface area (Å²) < 4.78 is 26.1. The molecule has 0 unspecified atom stereocenters. The minimum Gasteiger partial charge on any atom is -0.320 e. The molecule has 1 atom stereocenters. The fraction of sp³-hybridized carbons (Fsp3) is 0.0909. The van der Waals surface area contributed by atoms with Gasteiger partial charge in [-0.15, -0.1) is 0 Å². The van der Waals surface area contributed by atoms with Crippen LogP contribution in [-0.4, -0.2) is 0 Å². The maximum absolute atomic E-state index is 13.4. The lowest BCUT2D eigenvalue weighted by atomic mass is 10.0. The molecule has 1 aromatic heterocycles. The Balaban J connectivity index is 2.38. The van der Waals surface area contributed by atoms with Crippen molar-refractivity contribution in [1.29, 1.82) is 0 Å². The molecule has 0 bridgehead atoms. The third-order valence-electron chi connectivity index (χ3n) is 2.20. The van der Waals surface area contributed by atoms with Crippen molar-refractivity contribution in [3.63, 3.8) is 0 Å². The van der Waals surface area contributed by atoms with Gasteiger partial charge in [-0.05, 0) is 28.5 Å². The Morgan fingerprint density at radius 2 is 2.00 bits per heavy atom. The third kappa shape index (κ3) is 2.06. The molecule has 0 saturated heterocycles. The molecule has 15 heavy (non-hydrogen) atoms. The fourth-order valence-corrected chi connectivity index (χ4v) is 2.08. The van der Waals surface area contributed by atoms with Gasteiger partial charge < -0.3 is 5.73 Å². The van der Waals surface area contributed by atoms with Crippen molar-refractivity contribution in [1.82, 2.24) is 0 Å². The van der Waals surface area contributed by atoms with Gasteiger partial charge in [0.2, 0.25) is 0 Å². The smallest absolute Gasteiger partial charge is 0.131 e. The third-order valence-corrected chi connectivity index (χ3v) is 2.90. The molecule has 0 aliphatic carbocycles. The summed E-state index contributed by atoms with van der Waals surface area (Å²) in [6, 6.07) is 4.74. The molecule has 0 aliphatic heterocycles. The van der Waals surface area contributed by atoms with Crippen molar-refractivity contribution >= 4 is 11.3 Å². The Bertz CT molecular complexity index is 454. The second-order valence-corrected chi connectivity index (χ2v) is 3.98. The van der Waals surface area contributed by atoms with E-state index in [-0.39, 0.29) is 0 Å². The largest absolute Gasteiger partial charge is 0.320 e. The van der Waals surface area contributed by atoms with Crippen LogP contribution in [-0.2, 0) is 0 Å². The highest BCUT2D eigenvalue weighted by Gasteiger charge is 2.14. The predicted molar refractivity (Wildman–Crippen MR) is 56.7 cm³/mol. The lowest BCUT2D eigenvalue weighted by Gasteiger charge is -2.11. The summed E-state index contributed by atoms with van der Waals surface area (Å²) >= 11 is 1.50. The van der Waals surface area contributed by atoms with Crippen molar-refractivity contribution in [2.75, 3.05) is 0 Å². The predicted octanol–water partition coefficient (Wildman–Crippen LogP) is 3.07. The van der Waals surface area contributed by atoms with Gasteiger partial charge in [0.05, 0.1) is 6.04 Å². The first kappa shape index (κ1) is 10.3. The van der Waals surface area contributed by atoms with Crippen LogP contribution < -0.4 is 5.73 Å². The normalized spacial score (nSPS) is 12.7. The second kappa shape index (κ2) is 4.08. The van der Waals surface area contributed by atoms with E-state index < -0.39 is 17.7 Å². The summed E-state index contributed by atoms with van der Waals surface area (Å²) in [4.78, 5) is 0. The first-order chi connectivity index (χ1) is 7.18. The molecule has 2 N–H and O–H groups in total. The van der Waals surface area contributed by atoms with Crippen molar-refractivity contribution in [2.45, 2.75) is 6.04 Å². The number of hydrogen-bond donors (Lipinski definition) is 1. The molecule has 0 amide bonds. The van der Waals surface area contributed by atoms with Crippen LogP contribution in [0.4, 0.5) is 8.78 Å². The molecule has 0 spiro atoms. The number of rotatable bonds is 2. The van der Waals surface area contributed by atoms with Crippen LogP contribution in [0.1, 0.15) is 17.2 Å². The Hall–Kier alpha value is -1.26. The highest BCUT2D eigenvalue weighted by molar-refractivity contribution is 7.08. The first-order valence-corrected chi connectivity index (χ1v) is 5.35. The highest BCUT2D eigenvalue weighted by atomic mass is 32.1. The number of benzene rings is 1. The summed E-state index contributed by atoms with van der Waals surface area (Å²) in [5.41, 5.74) is 7.01. The summed E-state index contributed by atoms with van der Waals surface area (Å²) in [6.45, 7) is 0. The maximum atomic E-state index is 13.4. The van der Waals surface area contributed by atoms with Gasteiger partial charge in [0.15, 0.2) is 0 Å². The van der Waals surface area contributed by atoms with Gasteiger partial charge in [0, 0.05) is 11.6 Å². The van der Waals surface area contributed by atoms with Crippen LogP contribution in [0, 0.1) is 11.6 Å². The number of halogens is 2. The van der Waals surface area contributed by atoms with Crippen LogP contribution in [0.5, 0.6) is 0 Å². The molecular formula is C11H9F2NS. The first-order valence-electron chi connectivity index (χ1n) is 4.41. The van der Waals surface area contributed by atoms with E-state index in [0.717, 1.165) is 11.6 Å². The van der Waals surface area contributed by atoms with Crippen molar-refractivity contribution < 1.29 is 8.78 Å². The van der Waals surface area contributed by atoms with E-state index in [4.69, 9.17) is 5.73 Å². The Morgan fingerprint density at radius 3 is 2.60 bits per heavy atom. The average Bonchev–Trinajstić information content (AvgIpc) is 2.69. The molecular weight excluding hydrogens is 216 g/mol. The van der Waals surface area contributed by atoms with E-state index in [0.29, 0.717) is 5.56 Å². The van der Waals surface area contributed by atoms with E-state index in [1.165, 1.54) is 23.5 Å². The molecule has 1 aromatic carbocycles. The van der Waals surface area contributed by atoms with Crippen LogP contribution in [0.15, 0.2) is 35.0 Å². The van der Waals surface area contributed by atoms with Crippen molar-refractivity contribution in [3.8, 4) is 0 Å². The quantitative estimate of drug-likeness (QED) is 0.835. The Morgan fingerprint density at radius 1 is 1.20 bits per heavy atom.